The van der Waals surface area contributed by atoms with Crippen LogP contribution in [0.5, 0.6) is 11.5 Å². The van der Waals surface area contributed by atoms with E-state index >= 15 is 0 Å². The van der Waals surface area contributed by atoms with Gasteiger partial charge >= 0.3 is 6.03 Å². The zero-order valence-corrected chi connectivity index (χ0v) is 16.3. The highest BCUT2D eigenvalue weighted by molar-refractivity contribution is 6.21. The van der Waals surface area contributed by atoms with Crippen molar-refractivity contribution in [3.05, 3.63) is 63.2 Å². The second kappa shape index (κ2) is 8.30. The molecule has 0 aliphatic carbocycles. The van der Waals surface area contributed by atoms with Crippen LogP contribution in [0.25, 0.3) is 0 Å². The van der Waals surface area contributed by atoms with Crippen LogP contribution >= 0.6 is 0 Å². The molecule has 2 aromatic carbocycles. The van der Waals surface area contributed by atoms with Crippen molar-refractivity contribution in [1.82, 2.24) is 15.5 Å². The van der Waals surface area contributed by atoms with Gasteiger partial charge < -0.3 is 20.1 Å². The molecule has 4 rings (SSSR count). The lowest BCUT2D eigenvalue weighted by Gasteiger charge is -2.14. The average molecular weight is 426 g/mol. The van der Waals surface area contributed by atoms with E-state index in [0.29, 0.717) is 24.5 Å². The molecule has 2 aliphatic rings. The quantitative estimate of drug-likeness (QED) is 0.298. The van der Waals surface area contributed by atoms with E-state index in [1.807, 2.05) is 6.07 Å². The van der Waals surface area contributed by atoms with Crippen LogP contribution in [-0.4, -0.2) is 47.6 Å². The summed E-state index contributed by atoms with van der Waals surface area (Å²) in [6, 6.07) is 8.58. The second-order valence-corrected chi connectivity index (χ2v) is 6.90. The predicted octanol–water partition coefficient (Wildman–Crippen LogP) is 1.81. The summed E-state index contributed by atoms with van der Waals surface area (Å²) in [5, 5.41) is 16.2. The molecule has 0 spiro atoms. The summed E-state index contributed by atoms with van der Waals surface area (Å²) in [5.74, 6) is 0.222. The first kappa shape index (κ1) is 20.1. The Bertz CT molecular complexity index is 1090. The Morgan fingerprint density at radius 2 is 1.81 bits per heavy atom. The SMILES string of the molecule is O=C(NCCCN1C(=O)c2ccc([N+](=O)[O-])cc2C1=O)NCc1ccc2c(c1)OCO2. The van der Waals surface area contributed by atoms with Gasteiger partial charge in [0.15, 0.2) is 11.5 Å². The molecule has 11 nitrogen and oxygen atoms in total. The van der Waals surface area contributed by atoms with E-state index in [9.17, 15) is 24.5 Å². The molecule has 160 valence electrons. The molecule has 0 atom stereocenters. The van der Waals surface area contributed by atoms with Crippen molar-refractivity contribution >= 4 is 23.5 Å². The van der Waals surface area contributed by atoms with Crippen LogP contribution in [0.2, 0.25) is 0 Å². The number of fused-ring (bicyclic) bond motifs is 2. The van der Waals surface area contributed by atoms with Gasteiger partial charge in [-0.3, -0.25) is 24.6 Å². The van der Waals surface area contributed by atoms with E-state index in [0.717, 1.165) is 16.5 Å². The molecule has 4 amide bonds. The highest BCUT2D eigenvalue weighted by atomic mass is 16.7. The van der Waals surface area contributed by atoms with Crippen molar-refractivity contribution in [1.29, 1.82) is 0 Å². The second-order valence-electron chi connectivity index (χ2n) is 6.90. The minimum absolute atomic E-state index is 0.0219. The number of benzene rings is 2. The molecular weight excluding hydrogens is 408 g/mol. The van der Waals surface area contributed by atoms with Crippen LogP contribution < -0.4 is 20.1 Å². The highest BCUT2D eigenvalue weighted by Gasteiger charge is 2.36. The van der Waals surface area contributed by atoms with Crippen LogP contribution in [-0.2, 0) is 6.54 Å². The Balaban J connectivity index is 1.22. The Morgan fingerprint density at radius 1 is 1.03 bits per heavy atom. The lowest BCUT2D eigenvalue weighted by molar-refractivity contribution is -0.384. The number of carbonyl (C=O) groups excluding carboxylic acids is 3. The molecule has 2 aromatic rings. The summed E-state index contributed by atoms with van der Waals surface area (Å²) in [7, 11) is 0. The maximum Gasteiger partial charge on any atom is 0.315 e. The third-order valence-corrected chi connectivity index (χ3v) is 4.90. The molecule has 0 fully saturated rings. The zero-order valence-electron chi connectivity index (χ0n) is 16.3. The number of nitrogens with one attached hydrogen (secondary N) is 2. The third kappa shape index (κ3) is 4.10. The van der Waals surface area contributed by atoms with Crippen molar-refractivity contribution in [2.45, 2.75) is 13.0 Å². The Kier molecular flexibility index (Phi) is 5.39. The number of nitro benzene ring substituents is 1. The molecule has 0 unspecified atom stereocenters. The van der Waals surface area contributed by atoms with Crippen LogP contribution in [0.15, 0.2) is 36.4 Å². The Labute approximate surface area is 176 Å². The number of hydrogen-bond acceptors (Lipinski definition) is 7. The van der Waals surface area contributed by atoms with Gasteiger partial charge in [0.1, 0.15) is 0 Å². The number of urea groups is 1. The molecule has 0 radical (unpaired) electrons. The van der Waals surface area contributed by atoms with Crippen molar-refractivity contribution in [2.75, 3.05) is 19.9 Å². The first-order valence-corrected chi connectivity index (χ1v) is 9.49. The Morgan fingerprint density at radius 3 is 2.61 bits per heavy atom. The Hall–Kier alpha value is -4.15. The lowest BCUT2D eigenvalue weighted by Crippen LogP contribution is -2.37. The lowest BCUT2D eigenvalue weighted by atomic mass is 10.1. The summed E-state index contributed by atoms with van der Waals surface area (Å²) in [6.07, 6.45) is 0.338. The predicted molar refractivity (Wildman–Crippen MR) is 106 cm³/mol. The van der Waals surface area contributed by atoms with Gasteiger partial charge in [0.25, 0.3) is 17.5 Å². The van der Waals surface area contributed by atoms with Gasteiger partial charge in [0.05, 0.1) is 16.1 Å². The number of rotatable bonds is 7. The maximum absolute atomic E-state index is 12.4. The van der Waals surface area contributed by atoms with E-state index in [4.69, 9.17) is 9.47 Å². The number of non-ortho nitro benzene ring substituents is 1. The average Bonchev–Trinajstić information content (AvgIpc) is 3.32. The number of ether oxygens (including phenoxy) is 2. The van der Waals surface area contributed by atoms with Gasteiger partial charge in [-0.1, -0.05) is 6.07 Å². The molecule has 31 heavy (non-hydrogen) atoms. The molecule has 0 saturated heterocycles. The number of amides is 4. The standard InChI is InChI=1S/C20H18N4O7/c25-18-14-4-3-13(24(28)29)9-15(14)19(26)23(18)7-1-6-21-20(27)22-10-12-2-5-16-17(8-12)31-11-30-16/h2-5,8-9H,1,6-7,10-11H2,(H2,21,22,27). The van der Waals surface area contributed by atoms with Gasteiger partial charge in [-0.2, -0.15) is 0 Å². The van der Waals surface area contributed by atoms with Gasteiger partial charge in [-0.25, -0.2) is 4.79 Å². The summed E-state index contributed by atoms with van der Waals surface area (Å²) in [4.78, 5) is 48.0. The van der Waals surface area contributed by atoms with Crippen LogP contribution in [0.1, 0.15) is 32.7 Å². The topological polar surface area (TPSA) is 140 Å². The number of imide groups is 1. The number of nitro groups is 1. The normalized spacial score (nSPS) is 13.9. The molecule has 0 bridgehead atoms. The highest BCUT2D eigenvalue weighted by Crippen LogP contribution is 2.32. The van der Waals surface area contributed by atoms with Crippen molar-refractivity contribution in [3.63, 3.8) is 0 Å². The summed E-state index contributed by atoms with van der Waals surface area (Å²) in [5.41, 5.74) is 0.765. The molecule has 2 aliphatic heterocycles. The molecule has 2 heterocycles. The van der Waals surface area contributed by atoms with Gasteiger partial charge in [0, 0.05) is 31.8 Å². The van der Waals surface area contributed by atoms with Gasteiger partial charge in [-0.15, -0.1) is 0 Å². The number of carbonyl (C=O) groups is 3. The van der Waals surface area contributed by atoms with Gasteiger partial charge in [-0.05, 0) is 30.2 Å². The van der Waals surface area contributed by atoms with Crippen molar-refractivity contribution in [3.8, 4) is 11.5 Å². The van der Waals surface area contributed by atoms with E-state index in [1.165, 1.54) is 12.1 Å². The fourth-order valence-electron chi connectivity index (χ4n) is 3.33. The fraction of sp³-hybridized carbons (Fsp3) is 0.250. The van der Waals surface area contributed by atoms with E-state index < -0.39 is 22.8 Å². The summed E-state index contributed by atoms with van der Waals surface area (Å²) in [6.45, 7) is 0.791. The zero-order chi connectivity index (χ0) is 22.0. The fourth-order valence-corrected chi connectivity index (χ4v) is 3.33. The van der Waals surface area contributed by atoms with E-state index in [2.05, 4.69) is 10.6 Å². The first-order valence-electron chi connectivity index (χ1n) is 9.49. The molecule has 11 heteroatoms. The monoisotopic (exact) mass is 426 g/mol. The van der Waals surface area contributed by atoms with E-state index in [1.54, 1.807) is 12.1 Å². The van der Waals surface area contributed by atoms with Crippen LogP contribution in [0.4, 0.5) is 10.5 Å². The van der Waals surface area contributed by atoms with Gasteiger partial charge in [0.2, 0.25) is 6.79 Å². The summed E-state index contributed by atoms with van der Waals surface area (Å²) < 4.78 is 10.5. The molecule has 0 saturated carbocycles. The van der Waals surface area contributed by atoms with E-state index in [-0.39, 0.29) is 36.7 Å². The third-order valence-electron chi connectivity index (χ3n) is 4.90. The first-order chi connectivity index (χ1) is 14.9. The minimum atomic E-state index is -0.618. The minimum Gasteiger partial charge on any atom is -0.454 e. The van der Waals surface area contributed by atoms with Crippen LogP contribution in [0, 0.1) is 10.1 Å². The largest absolute Gasteiger partial charge is 0.454 e. The summed E-state index contributed by atoms with van der Waals surface area (Å²) >= 11 is 0. The molecular formula is C20H18N4O7. The van der Waals surface area contributed by atoms with Crippen LogP contribution in [0.3, 0.4) is 0 Å². The van der Waals surface area contributed by atoms with Crippen molar-refractivity contribution < 1.29 is 28.8 Å². The number of nitrogens with zero attached hydrogens (tertiary/aromatic N) is 2. The van der Waals surface area contributed by atoms with Crippen molar-refractivity contribution in [2.24, 2.45) is 0 Å². The maximum atomic E-state index is 12.4. The number of hydrogen-bond donors (Lipinski definition) is 2. The molecule has 2 N–H and O–H groups in total. The smallest absolute Gasteiger partial charge is 0.315 e. The molecule has 0 aromatic heterocycles.